The van der Waals surface area contributed by atoms with Crippen molar-refractivity contribution in [1.29, 1.82) is 0 Å². The highest BCUT2D eigenvalue weighted by atomic mass is 32.2. The van der Waals surface area contributed by atoms with Crippen LogP contribution in [0.25, 0.3) is 0 Å². The molecule has 31 heavy (non-hydrogen) atoms. The Hall–Kier alpha value is -2.17. The highest BCUT2D eigenvalue weighted by Gasteiger charge is 2.41. The van der Waals surface area contributed by atoms with E-state index in [9.17, 15) is 28.1 Å². The molecule has 11 heteroatoms. The summed E-state index contributed by atoms with van der Waals surface area (Å²) < 4.78 is 38.7. The number of rotatable bonds is 6. The Morgan fingerprint density at radius 1 is 1.23 bits per heavy atom. The smallest absolute Gasteiger partial charge is 0.383 e. The van der Waals surface area contributed by atoms with E-state index in [1.165, 1.54) is 6.07 Å². The minimum atomic E-state index is -4.21. The summed E-state index contributed by atoms with van der Waals surface area (Å²) in [5, 5.41) is 17.2. The van der Waals surface area contributed by atoms with Gasteiger partial charge < -0.3 is 15.5 Å². The van der Waals surface area contributed by atoms with Crippen molar-refractivity contribution in [2.45, 2.75) is 50.4 Å². The standard InChI is InChI=1S/C20H27F3N4O3S/c1-24-16-10-17(26(2)14-7-8-31-11-14)15(9-18(16)27(29)30)19(28)25-13-5-3-12(4-6-13)20(21,22)23/h9-10,12-14,24H,3-8,11H2,1-2H3,(H,25,28). The molecule has 1 saturated carbocycles. The average Bonchev–Trinajstić information content (AvgIpc) is 3.26. The fraction of sp³-hybridized carbons (Fsp3) is 0.650. The second-order valence-electron chi connectivity index (χ2n) is 8.09. The molecule has 1 amide bonds. The fourth-order valence-corrected chi connectivity index (χ4v) is 5.52. The van der Waals surface area contributed by atoms with E-state index in [4.69, 9.17) is 0 Å². The number of hydrogen-bond donors (Lipinski definition) is 2. The van der Waals surface area contributed by atoms with Gasteiger partial charge in [0.05, 0.1) is 22.1 Å². The molecule has 1 atom stereocenters. The summed E-state index contributed by atoms with van der Waals surface area (Å²) in [6.07, 6.45) is -2.86. The van der Waals surface area contributed by atoms with E-state index in [0.29, 0.717) is 11.4 Å². The number of alkyl halides is 3. The molecule has 1 aromatic carbocycles. The molecule has 0 aromatic heterocycles. The monoisotopic (exact) mass is 460 g/mol. The molecule has 0 spiro atoms. The summed E-state index contributed by atoms with van der Waals surface area (Å²) in [5.74, 6) is 0.0716. The lowest BCUT2D eigenvalue weighted by Gasteiger charge is -2.31. The van der Waals surface area contributed by atoms with Crippen LogP contribution >= 0.6 is 11.8 Å². The lowest BCUT2D eigenvalue weighted by atomic mass is 9.85. The zero-order valence-electron chi connectivity index (χ0n) is 17.5. The van der Waals surface area contributed by atoms with Gasteiger partial charge in [-0.05, 0) is 43.9 Å². The summed E-state index contributed by atoms with van der Waals surface area (Å²) in [6, 6.07) is 2.69. The van der Waals surface area contributed by atoms with Crippen molar-refractivity contribution in [3.05, 3.63) is 27.8 Å². The van der Waals surface area contributed by atoms with Crippen molar-refractivity contribution < 1.29 is 22.9 Å². The molecule has 1 aliphatic heterocycles. The lowest BCUT2D eigenvalue weighted by Crippen LogP contribution is -2.41. The number of nitrogens with zero attached hydrogens (tertiary/aromatic N) is 2. The van der Waals surface area contributed by atoms with E-state index in [-0.39, 0.29) is 49.0 Å². The van der Waals surface area contributed by atoms with Gasteiger partial charge in [0, 0.05) is 38.0 Å². The zero-order chi connectivity index (χ0) is 22.8. The van der Waals surface area contributed by atoms with Gasteiger partial charge in [-0.15, -0.1) is 0 Å². The summed E-state index contributed by atoms with van der Waals surface area (Å²) in [4.78, 5) is 26.0. The van der Waals surface area contributed by atoms with Crippen LogP contribution in [0.15, 0.2) is 12.1 Å². The highest BCUT2D eigenvalue weighted by molar-refractivity contribution is 7.99. The van der Waals surface area contributed by atoms with E-state index in [2.05, 4.69) is 10.6 Å². The van der Waals surface area contributed by atoms with Crippen LogP contribution in [-0.2, 0) is 0 Å². The Balaban J connectivity index is 1.84. The number of carbonyl (C=O) groups excluding carboxylic acids is 1. The van der Waals surface area contributed by atoms with Crippen LogP contribution in [0.4, 0.5) is 30.2 Å². The van der Waals surface area contributed by atoms with E-state index in [1.54, 1.807) is 13.1 Å². The molecule has 0 radical (unpaired) electrons. The Kier molecular flexibility index (Phi) is 7.23. The average molecular weight is 461 g/mol. The number of nitro benzene ring substituents is 1. The summed E-state index contributed by atoms with van der Waals surface area (Å²) >= 11 is 1.81. The van der Waals surface area contributed by atoms with Crippen molar-refractivity contribution in [2.75, 3.05) is 35.8 Å². The largest absolute Gasteiger partial charge is 0.391 e. The Labute approximate surface area is 183 Å². The third-order valence-corrected chi connectivity index (χ3v) is 7.33. The van der Waals surface area contributed by atoms with E-state index in [1.807, 2.05) is 23.7 Å². The third-order valence-electron chi connectivity index (χ3n) is 6.18. The van der Waals surface area contributed by atoms with Crippen LogP contribution < -0.4 is 15.5 Å². The van der Waals surface area contributed by atoms with Gasteiger partial charge in [-0.25, -0.2) is 0 Å². The van der Waals surface area contributed by atoms with Gasteiger partial charge >= 0.3 is 6.18 Å². The fourth-order valence-electron chi connectivity index (χ4n) is 4.25. The highest BCUT2D eigenvalue weighted by Crippen LogP contribution is 2.38. The molecule has 2 fully saturated rings. The van der Waals surface area contributed by atoms with Gasteiger partial charge in [0.2, 0.25) is 0 Å². The number of nitro groups is 1. The maximum Gasteiger partial charge on any atom is 0.391 e. The van der Waals surface area contributed by atoms with Crippen molar-refractivity contribution in [3.8, 4) is 0 Å². The number of hydrogen-bond acceptors (Lipinski definition) is 6. The molecule has 2 aliphatic rings. The normalized spacial score (nSPS) is 24.0. The minimum absolute atomic E-state index is 0.0284. The summed E-state index contributed by atoms with van der Waals surface area (Å²) in [5.41, 5.74) is 0.832. The van der Waals surface area contributed by atoms with Crippen LogP contribution in [0.2, 0.25) is 0 Å². The predicted octanol–water partition coefficient (Wildman–Crippen LogP) is 4.43. The number of halogens is 3. The van der Waals surface area contributed by atoms with Crippen molar-refractivity contribution in [1.82, 2.24) is 5.32 Å². The van der Waals surface area contributed by atoms with Crippen molar-refractivity contribution in [3.63, 3.8) is 0 Å². The second kappa shape index (κ2) is 9.54. The number of amides is 1. The summed E-state index contributed by atoms with van der Waals surface area (Å²) in [6.45, 7) is 0. The maximum atomic E-state index is 13.1. The van der Waals surface area contributed by atoms with Gasteiger partial charge in [-0.3, -0.25) is 14.9 Å². The first-order chi connectivity index (χ1) is 14.6. The van der Waals surface area contributed by atoms with Crippen LogP contribution in [-0.4, -0.2) is 54.7 Å². The molecule has 1 unspecified atom stereocenters. The number of benzene rings is 1. The molecule has 7 nitrogen and oxygen atoms in total. The third kappa shape index (κ3) is 5.36. The predicted molar refractivity (Wildman–Crippen MR) is 116 cm³/mol. The van der Waals surface area contributed by atoms with E-state index >= 15 is 0 Å². The molecule has 3 rings (SSSR count). The number of thioether (sulfide) groups is 1. The topological polar surface area (TPSA) is 87.5 Å². The Morgan fingerprint density at radius 3 is 2.42 bits per heavy atom. The molecular formula is C20H27F3N4O3S. The van der Waals surface area contributed by atoms with Gasteiger partial charge in [-0.1, -0.05) is 0 Å². The number of nitrogens with one attached hydrogen (secondary N) is 2. The van der Waals surface area contributed by atoms with Gasteiger partial charge in [0.25, 0.3) is 11.6 Å². The Bertz CT molecular complexity index is 823. The van der Waals surface area contributed by atoms with Crippen LogP contribution in [0, 0.1) is 16.0 Å². The minimum Gasteiger partial charge on any atom is -0.383 e. The molecule has 1 heterocycles. The first kappa shape index (κ1) is 23.5. The molecule has 0 bridgehead atoms. The van der Waals surface area contributed by atoms with Crippen LogP contribution in [0.5, 0.6) is 0 Å². The lowest BCUT2D eigenvalue weighted by molar-refractivity contribution is -0.384. The molecule has 2 N–H and O–H groups in total. The first-order valence-electron chi connectivity index (χ1n) is 10.3. The quantitative estimate of drug-likeness (QED) is 0.482. The molecular weight excluding hydrogens is 433 g/mol. The first-order valence-corrected chi connectivity index (χ1v) is 11.5. The molecule has 172 valence electrons. The van der Waals surface area contributed by atoms with E-state index < -0.39 is 22.9 Å². The van der Waals surface area contributed by atoms with Crippen molar-refractivity contribution >= 4 is 34.7 Å². The van der Waals surface area contributed by atoms with Gasteiger partial charge in [0.1, 0.15) is 5.69 Å². The zero-order valence-corrected chi connectivity index (χ0v) is 18.3. The van der Waals surface area contributed by atoms with E-state index in [0.717, 1.165) is 17.9 Å². The van der Waals surface area contributed by atoms with Crippen molar-refractivity contribution in [2.24, 2.45) is 5.92 Å². The van der Waals surface area contributed by atoms with Crippen LogP contribution in [0.3, 0.4) is 0 Å². The number of anilines is 2. The Morgan fingerprint density at radius 2 is 1.90 bits per heavy atom. The SMILES string of the molecule is CNc1cc(N(C)C2CCSC2)c(C(=O)NC2CCC(C(F)(F)F)CC2)cc1[N+](=O)[O-]. The summed E-state index contributed by atoms with van der Waals surface area (Å²) in [7, 11) is 3.44. The van der Waals surface area contributed by atoms with Gasteiger partial charge in [-0.2, -0.15) is 24.9 Å². The maximum absolute atomic E-state index is 13.1. The molecule has 1 aromatic rings. The van der Waals surface area contributed by atoms with Crippen LogP contribution in [0.1, 0.15) is 42.5 Å². The molecule has 1 aliphatic carbocycles. The second-order valence-corrected chi connectivity index (χ2v) is 9.24. The number of carbonyl (C=O) groups is 1. The molecule has 1 saturated heterocycles. The van der Waals surface area contributed by atoms with Gasteiger partial charge in [0.15, 0.2) is 0 Å².